The predicted molar refractivity (Wildman–Crippen MR) is 124 cm³/mol. The molecule has 0 bridgehead atoms. The summed E-state index contributed by atoms with van der Waals surface area (Å²) in [7, 11) is 9.15. The average Bonchev–Trinajstić information content (AvgIpc) is 3.26. The largest absolute Gasteiger partial charge is 0.496 e. The molecule has 2 aromatic carbocycles. The molecule has 3 aromatic rings. The minimum Gasteiger partial charge on any atom is -0.496 e. The first kappa shape index (κ1) is 24.6. The van der Waals surface area contributed by atoms with Crippen molar-refractivity contribution < 1.29 is 37.7 Å². The molecule has 0 aliphatic rings. The van der Waals surface area contributed by atoms with Gasteiger partial charge in [-0.2, -0.15) is 0 Å². The number of hydrogen-bond donors (Lipinski definition) is 1. The number of methoxy groups -OCH3 is 6. The fourth-order valence-corrected chi connectivity index (χ4v) is 3.56. The summed E-state index contributed by atoms with van der Waals surface area (Å²) < 4.78 is 37.9. The van der Waals surface area contributed by atoms with Gasteiger partial charge in [-0.3, -0.25) is 4.79 Å². The maximum atomic E-state index is 13.2. The van der Waals surface area contributed by atoms with Crippen LogP contribution in [-0.2, 0) is 6.54 Å². The smallest absolute Gasteiger partial charge is 0.257 e. The third-order valence-corrected chi connectivity index (χ3v) is 5.26. The summed E-state index contributed by atoms with van der Waals surface area (Å²) in [6.45, 7) is 1.82. The lowest BCUT2D eigenvalue weighted by Crippen LogP contribution is -2.24. The van der Waals surface area contributed by atoms with Gasteiger partial charge in [0.05, 0.1) is 60.5 Å². The Balaban J connectivity index is 1.96. The van der Waals surface area contributed by atoms with Crippen LogP contribution in [0.2, 0.25) is 0 Å². The molecule has 0 atom stereocenters. The van der Waals surface area contributed by atoms with Crippen molar-refractivity contribution >= 4 is 5.91 Å². The molecule has 10 nitrogen and oxygen atoms in total. The molecule has 1 aromatic heterocycles. The van der Waals surface area contributed by atoms with E-state index in [1.54, 1.807) is 38.3 Å². The maximum absolute atomic E-state index is 13.2. The van der Waals surface area contributed by atoms with Crippen LogP contribution in [0.15, 0.2) is 28.8 Å². The molecule has 0 spiro atoms. The summed E-state index contributed by atoms with van der Waals surface area (Å²) in [4.78, 5) is 13.2. The van der Waals surface area contributed by atoms with Gasteiger partial charge in [0.15, 0.2) is 17.3 Å². The van der Waals surface area contributed by atoms with E-state index >= 15 is 0 Å². The quantitative estimate of drug-likeness (QED) is 0.473. The van der Waals surface area contributed by atoms with Crippen molar-refractivity contribution in [2.45, 2.75) is 13.5 Å². The maximum Gasteiger partial charge on any atom is 0.257 e. The zero-order valence-corrected chi connectivity index (χ0v) is 20.2. The van der Waals surface area contributed by atoms with E-state index in [1.807, 2.05) is 0 Å². The van der Waals surface area contributed by atoms with Gasteiger partial charge in [0, 0.05) is 17.7 Å². The van der Waals surface area contributed by atoms with Crippen LogP contribution in [0, 0.1) is 6.92 Å². The fraction of sp³-hybridized carbons (Fsp3) is 0.333. The van der Waals surface area contributed by atoms with E-state index in [-0.39, 0.29) is 23.8 Å². The zero-order chi connectivity index (χ0) is 24.8. The lowest BCUT2D eigenvalue weighted by Gasteiger charge is -2.16. The number of nitrogens with zero attached hydrogens (tertiary/aromatic N) is 1. The van der Waals surface area contributed by atoms with Crippen LogP contribution in [0.3, 0.4) is 0 Å². The first-order valence-corrected chi connectivity index (χ1v) is 10.3. The van der Waals surface area contributed by atoms with Crippen LogP contribution in [0.4, 0.5) is 0 Å². The molecule has 0 saturated carbocycles. The number of rotatable bonds is 10. The Hall–Kier alpha value is -4.08. The second kappa shape index (κ2) is 10.7. The van der Waals surface area contributed by atoms with Crippen molar-refractivity contribution in [2.75, 3.05) is 42.7 Å². The van der Waals surface area contributed by atoms with Crippen molar-refractivity contribution in [2.24, 2.45) is 0 Å². The molecule has 0 radical (unpaired) electrons. The zero-order valence-electron chi connectivity index (χ0n) is 20.2. The predicted octanol–water partition coefficient (Wildman–Crippen LogP) is 3.63. The first-order valence-electron chi connectivity index (χ1n) is 10.3. The van der Waals surface area contributed by atoms with E-state index in [2.05, 4.69) is 10.5 Å². The van der Waals surface area contributed by atoms with Crippen molar-refractivity contribution in [1.82, 2.24) is 10.5 Å². The molecule has 34 heavy (non-hydrogen) atoms. The van der Waals surface area contributed by atoms with E-state index in [4.69, 9.17) is 32.9 Å². The number of benzene rings is 2. The number of carbonyl (C=O) groups is 1. The summed E-state index contributed by atoms with van der Waals surface area (Å²) in [5, 5.41) is 6.89. The van der Waals surface area contributed by atoms with Crippen molar-refractivity contribution in [3.05, 3.63) is 41.1 Å². The third kappa shape index (κ3) is 4.66. The van der Waals surface area contributed by atoms with Crippen LogP contribution in [0.5, 0.6) is 34.5 Å². The Morgan fingerprint density at radius 1 is 0.824 bits per heavy atom. The standard InChI is InChI=1S/C24H28N2O8/c1-13-21(22(34-26-13)14-8-19(31-5)23(33-7)20(9-14)32-6)24(27)25-12-16-17(29-3)10-15(28-2)11-18(16)30-4/h8-11H,12H2,1-7H3,(H,25,27). The molecule has 10 heteroatoms. The fourth-order valence-electron chi connectivity index (χ4n) is 3.56. The Morgan fingerprint density at radius 3 is 1.85 bits per heavy atom. The second-order valence-corrected chi connectivity index (χ2v) is 7.08. The van der Waals surface area contributed by atoms with Crippen LogP contribution in [-0.4, -0.2) is 53.7 Å². The number of ether oxygens (including phenoxy) is 6. The molecular weight excluding hydrogens is 444 g/mol. The molecule has 0 fully saturated rings. The lowest BCUT2D eigenvalue weighted by atomic mass is 10.0. The van der Waals surface area contributed by atoms with Gasteiger partial charge >= 0.3 is 0 Å². The molecule has 1 amide bonds. The van der Waals surface area contributed by atoms with Crippen molar-refractivity contribution in [3.63, 3.8) is 0 Å². The van der Waals surface area contributed by atoms with Crippen LogP contribution in [0.25, 0.3) is 11.3 Å². The highest BCUT2D eigenvalue weighted by Crippen LogP contribution is 2.42. The van der Waals surface area contributed by atoms with Gasteiger partial charge in [0.1, 0.15) is 22.8 Å². The van der Waals surface area contributed by atoms with Crippen molar-refractivity contribution in [3.8, 4) is 45.8 Å². The molecule has 3 rings (SSSR count). The number of amides is 1. The first-order chi connectivity index (χ1) is 16.4. The van der Waals surface area contributed by atoms with Gasteiger partial charge in [-0.25, -0.2) is 0 Å². The topological polar surface area (TPSA) is 111 Å². The molecular formula is C24H28N2O8. The Kier molecular flexibility index (Phi) is 7.72. The highest BCUT2D eigenvalue weighted by molar-refractivity contribution is 6.00. The summed E-state index contributed by atoms with van der Waals surface area (Å²) in [5.41, 5.74) is 1.90. The van der Waals surface area contributed by atoms with Crippen LogP contribution in [0.1, 0.15) is 21.6 Å². The normalized spacial score (nSPS) is 10.4. The molecule has 0 unspecified atom stereocenters. The van der Waals surface area contributed by atoms with Gasteiger partial charge in [-0.05, 0) is 19.1 Å². The number of hydrogen-bond acceptors (Lipinski definition) is 9. The van der Waals surface area contributed by atoms with Gasteiger partial charge in [-0.15, -0.1) is 0 Å². The molecule has 1 N–H and O–H groups in total. The number of nitrogens with one attached hydrogen (secondary N) is 1. The number of carbonyl (C=O) groups excluding carboxylic acids is 1. The molecule has 182 valence electrons. The van der Waals surface area contributed by atoms with Gasteiger partial charge < -0.3 is 38.3 Å². The number of aryl methyl sites for hydroxylation is 1. The Morgan fingerprint density at radius 2 is 1.38 bits per heavy atom. The Labute approximate surface area is 197 Å². The third-order valence-electron chi connectivity index (χ3n) is 5.26. The molecule has 0 saturated heterocycles. The summed E-state index contributed by atoms with van der Waals surface area (Å²) in [5.74, 6) is 2.75. The lowest BCUT2D eigenvalue weighted by molar-refractivity contribution is 0.0950. The average molecular weight is 472 g/mol. The van der Waals surface area contributed by atoms with E-state index in [0.29, 0.717) is 51.3 Å². The SMILES string of the molecule is COc1cc(OC)c(CNC(=O)c2c(C)noc2-c2cc(OC)c(OC)c(OC)c2)c(OC)c1. The van der Waals surface area contributed by atoms with Gasteiger partial charge in [-0.1, -0.05) is 5.16 Å². The van der Waals surface area contributed by atoms with E-state index < -0.39 is 0 Å². The Bertz CT molecular complexity index is 1120. The van der Waals surface area contributed by atoms with Crippen molar-refractivity contribution in [1.29, 1.82) is 0 Å². The van der Waals surface area contributed by atoms with E-state index in [1.165, 1.54) is 35.5 Å². The van der Waals surface area contributed by atoms with Gasteiger partial charge in [0.2, 0.25) is 5.75 Å². The monoisotopic (exact) mass is 472 g/mol. The van der Waals surface area contributed by atoms with Crippen LogP contribution < -0.4 is 33.7 Å². The number of aromatic nitrogens is 1. The summed E-state index contributed by atoms with van der Waals surface area (Å²) >= 11 is 0. The summed E-state index contributed by atoms with van der Waals surface area (Å²) in [6, 6.07) is 6.81. The minimum absolute atomic E-state index is 0.133. The highest BCUT2D eigenvalue weighted by atomic mass is 16.5. The van der Waals surface area contributed by atoms with E-state index in [0.717, 1.165) is 0 Å². The molecule has 0 aliphatic heterocycles. The summed E-state index contributed by atoms with van der Waals surface area (Å²) in [6.07, 6.45) is 0. The van der Waals surface area contributed by atoms with Crippen LogP contribution >= 0.6 is 0 Å². The molecule has 0 aliphatic carbocycles. The highest BCUT2D eigenvalue weighted by Gasteiger charge is 2.25. The van der Waals surface area contributed by atoms with E-state index in [9.17, 15) is 4.79 Å². The minimum atomic E-state index is -0.387. The molecule has 1 heterocycles. The second-order valence-electron chi connectivity index (χ2n) is 7.08. The van der Waals surface area contributed by atoms with Gasteiger partial charge in [0.25, 0.3) is 5.91 Å².